The van der Waals surface area contributed by atoms with Gasteiger partial charge in [-0.25, -0.2) is 9.97 Å². The number of hydrogen-bond acceptors (Lipinski definition) is 4. The molecule has 2 rings (SSSR count). The smallest absolute Gasteiger partial charge is 0.311 e. The molecule has 0 N–H and O–H groups in total. The van der Waals surface area contributed by atoms with Crippen molar-refractivity contribution in [3.8, 4) is 17.1 Å². The average Bonchev–Trinajstić information content (AvgIpc) is 2.56. The first-order valence-electron chi connectivity index (χ1n) is 7.87. The maximum absolute atomic E-state index is 11.7. The molecule has 0 unspecified atom stereocenters. The van der Waals surface area contributed by atoms with Crippen LogP contribution in [-0.2, 0) is 4.79 Å². The summed E-state index contributed by atoms with van der Waals surface area (Å²) in [6.45, 7) is 2.17. The van der Waals surface area contributed by atoms with Gasteiger partial charge in [-0.05, 0) is 6.42 Å². The molecule has 0 spiro atoms. The molecule has 0 amide bonds. The van der Waals surface area contributed by atoms with Gasteiger partial charge in [-0.3, -0.25) is 4.79 Å². The van der Waals surface area contributed by atoms with Gasteiger partial charge in [-0.15, -0.1) is 0 Å². The van der Waals surface area contributed by atoms with E-state index in [1.165, 1.54) is 19.3 Å². The van der Waals surface area contributed by atoms with Gasteiger partial charge in [0.1, 0.15) is 0 Å². The van der Waals surface area contributed by atoms with Gasteiger partial charge in [-0.2, -0.15) is 0 Å². The molecule has 0 saturated heterocycles. The van der Waals surface area contributed by atoms with E-state index >= 15 is 0 Å². The molecule has 22 heavy (non-hydrogen) atoms. The predicted molar refractivity (Wildman–Crippen MR) is 86.5 cm³/mol. The maximum Gasteiger partial charge on any atom is 0.311 e. The van der Waals surface area contributed by atoms with Gasteiger partial charge >= 0.3 is 5.97 Å². The predicted octanol–water partition coefficient (Wildman–Crippen LogP) is 4.41. The third-order valence-electron chi connectivity index (χ3n) is 3.38. The summed E-state index contributed by atoms with van der Waals surface area (Å²) in [5.74, 6) is 0.811. The quantitative estimate of drug-likeness (QED) is 0.535. The van der Waals surface area contributed by atoms with Gasteiger partial charge in [0.2, 0.25) is 0 Å². The summed E-state index contributed by atoms with van der Waals surface area (Å²) in [6, 6.07) is 9.70. The lowest BCUT2D eigenvalue weighted by Crippen LogP contribution is -2.08. The zero-order valence-electron chi connectivity index (χ0n) is 13.0. The van der Waals surface area contributed by atoms with Gasteiger partial charge in [0, 0.05) is 12.0 Å². The molecule has 1 heterocycles. The SMILES string of the molecule is CCCCCCCC(=O)Oc1cnc(-c2ccccc2)nc1. The van der Waals surface area contributed by atoms with Crippen LogP contribution in [0.5, 0.6) is 5.75 Å². The van der Waals surface area contributed by atoms with E-state index in [0.29, 0.717) is 18.0 Å². The molecule has 1 aromatic carbocycles. The minimum absolute atomic E-state index is 0.215. The van der Waals surface area contributed by atoms with Crippen LogP contribution < -0.4 is 4.74 Å². The van der Waals surface area contributed by atoms with Gasteiger partial charge in [0.25, 0.3) is 0 Å². The Morgan fingerprint density at radius 1 is 1.00 bits per heavy atom. The van der Waals surface area contributed by atoms with E-state index in [1.807, 2.05) is 30.3 Å². The third-order valence-corrected chi connectivity index (χ3v) is 3.38. The molecular formula is C18H22N2O2. The summed E-state index contributed by atoms with van der Waals surface area (Å²) in [6.07, 6.45) is 9.10. The first-order valence-corrected chi connectivity index (χ1v) is 7.87. The number of benzene rings is 1. The fourth-order valence-corrected chi connectivity index (χ4v) is 2.16. The lowest BCUT2D eigenvalue weighted by atomic mass is 10.1. The summed E-state index contributed by atoms with van der Waals surface area (Å²) in [7, 11) is 0. The minimum atomic E-state index is -0.215. The van der Waals surface area contributed by atoms with Crippen molar-refractivity contribution in [2.45, 2.75) is 45.4 Å². The lowest BCUT2D eigenvalue weighted by molar-refractivity contribution is -0.134. The fourth-order valence-electron chi connectivity index (χ4n) is 2.16. The molecule has 116 valence electrons. The van der Waals surface area contributed by atoms with Crippen LogP contribution >= 0.6 is 0 Å². The molecule has 0 atom stereocenters. The van der Waals surface area contributed by atoms with E-state index in [0.717, 1.165) is 18.4 Å². The molecule has 0 radical (unpaired) electrons. The number of ether oxygens (including phenoxy) is 1. The van der Waals surface area contributed by atoms with Crippen LogP contribution in [0.25, 0.3) is 11.4 Å². The fraction of sp³-hybridized carbons (Fsp3) is 0.389. The largest absolute Gasteiger partial charge is 0.423 e. The number of carbonyl (C=O) groups excluding carboxylic acids is 1. The van der Waals surface area contributed by atoms with E-state index in [-0.39, 0.29) is 5.97 Å². The summed E-state index contributed by atoms with van der Waals surface area (Å²) >= 11 is 0. The highest BCUT2D eigenvalue weighted by Gasteiger charge is 2.06. The number of nitrogens with zero attached hydrogens (tertiary/aromatic N) is 2. The summed E-state index contributed by atoms with van der Waals surface area (Å²) in [4.78, 5) is 20.2. The zero-order valence-corrected chi connectivity index (χ0v) is 13.0. The van der Waals surface area contributed by atoms with Gasteiger partial charge in [0.05, 0.1) is 12.4 Å². The third kappa shape index (κ3) is 5.28. The average molecular weight is 298 g/mol. The lowest BCUT2D eigenvalue weighted by Gasteiger charge is -2.05. The Hall–Kier alpha value is -2.23. The van der Waals surface area contributed by atoms with Crippen LogP contribution in [0.4, 0.5) is 0 Å². The Kier molecular flexibility index (Phi) is 6.55. The highest BCUT2D eigenvalue weighted by molar-refractivity contribution is 5.72. The van der Waals surface area contributed by atoms with Crippen molar-refractivity contribution >= 4 is 5.97 Å². The highest BCUT2D eigenvalue weighted by atomic mass is 16.5. The Morgan fingerprint density at radius 2 is 1.68 bits per heavy atom. The number of unbranched alkanes of at least 4 members (excludes halogenated alkanes) is 4. The highest BCUT2D eigenvalue weighted by Crippen LogP contribution is 2.16. The number of carbonyl (C=O) groups is 1. The molecule has 4 nitrogen and oxygen atoms in total. The molecule has 0 fully saturated rings. The zero-order chi connectivity index (χ0) is 15.6. The van der Waals surface area contributed by atoms with E-state index in [4.69, 9.17) is 4.74 Å². The topological polar surface area (TPSA) is 52.1 Å². The van der Waals surface area contributed by atoms with Gasteiger partial charge in [-0.1, -0.05) is 62.9 Å². The van der Waals surface area contributed by atoms with Crippen LogP contribution in [0.15, 0.2) is 42.7 Å². The first kappa shape index (κ1) is 16.1. The van der Waals surface area contributed by atoms with Crippen LogP contribution in [-0.4, -0.2) is 15.9 Å². The second kappa shape index (κ2) is 8.93. The molecule has 0 bridgehead atoms. The second-order valence-corrected chi connectivity index (χ2v) is 5.25. The molecular weight excluding hydrogens is 276 g/mol. The van der Waals surface area contributed by atoms with Crippen molar-refractivity contribution < 1.29 is 9.53 Å². The van der Waals surface area contributed by atoms with Crippen LogP contribution in [0.3, 0.4) is 0 Å². The Labute approximate surface area is 131 Å². The minimum Gasteiger partial charge on any atom is -0.423 e. The molecule has 1 aromatic heterocycles. The van der Waals surface area contributed by atoms with Crippen LogP contribution in [0.1, 0.15) is 45.4 Å². The molecule has 0 aliphatic carbocycles. The van der Waals surface area contributed by atoms with E-state index < -0.39 is 0 Å². The van der Waals surface area contributed by atoms with E-state index in [2.05, 4.69) is 16.9 Å². The summed E-state index contributed by atoms with van der Waals surface area (Å²) < 4.78 is 5.25. The summed E-state index contributed by atoms with van der Waals surface area (Å²) in [5.41, 5.74) is 0.941. The standard InChI is InChI=1S/C18H22N2O2/c1-2-3-4-5-9-12-17(21)22-16-13-19-18(20-14-16)15-10-7-6-8-11-15/h6-8,10-11,13-14H,2-5,9,12H2,1H3. The number of aromatic nitrogens is 2. The molecule has 0 aliphatic rings. The van der Waals surface area contributed by atoms with Crippen molar-refractivity contribution in [1.82, 2.24) is 9.97 Å². The number of hydrogen-bond donors (Lipinski definition) is 0. The van der Waals surface area contributed by atoms with Crippen molar-refractivity contribution in [1.29, 1.82) is 0 Å². The Bertz CT molecular complexity index is 567. The van der Waals surface area contributed by atoms with E-state index in [1.54, 1.807) is 12.4 Å². The maximum atomic E-state index is 11.7. The molecule has 0 aliphatic heterocycles. The molecule has 4 heteroatoms. The first-order chi connectivity index (χ1) is 10.8. The molecule has 0 saturated carbocycles. The number of rotatable bonds is 8. The van der Waals surface area contributed by atoms with Crippen LogP contribution in [0.2, 0.25) is 0 Å². The van der Waals surface area contributed by atoms with Crippen molar-refractivity contribution in [3.63, 3.8) is 0 Å². The van der Waals surface area contributed by atoms with Crippen molar-refractivity contribution in [2.75, 3.05) is 0 Å². The van der Waals surface area contributed by atoms with Gasteiger partial charge < -0.3 is 4.74 Å². The van der Waals surface area contributed by atoms with Crippen molar-refractivity contribution in [2.24, 2.45) is 0 Å². The normalized spacial score (nSPS) is 10.4. The van der Waals surface area contributed by atoms with Gasteiger partial charge in [0.15, 0.2) is 11.6 Å². The second-order valence-electron chi connectivity index (χ2n) is 5.25. The van der Waals surface area contributed by atoms with Crippen LogP contribution in [0, 0.1) is 0 Å². The van der Waals surface area contributed by atoms with E-state index in [9.17, 15) is 4.79 Å². The van der Waals surface area contributed by atoms with Crippen molar-refractivity contribution in [3.05, 3.63) is 42.7 Å². The monoisotopic (exact) mass is 298 g/mol. The Morgan fingerprint density at radius 3 is 2.36 bits per heavy atom. The number of esters is 1. The Balaban J connectivity index is 1.80. The molecule has 2 aromatic rings. The summed E-state index contributed by atoms with van der Waals surface area (Å²) in [5, 5.41) is 0.